The molecule has 0 aliphatic heterocycles. The van der Waals surface area contributed by atoms with Crippen LogP contribution in [0.5, 0.6) is 0 Å². The molecule has 0 rings (SSSR count). The van der Waals surface area contributed by atoms with Crippen LogP contribution in [0, 0.1) is 0 Å². The predicted octanol–water partition coefficient (Wildman–Crippen LogP) is -8.51. The molecule has 6 heteroatoms. The zero-order chi connectivity index (χ0) is 3.41. The molecule has 6 heavy (non-hydrogen) atoms. The van der Waals surface area contributed by atoms with Gasteiger partial charge in [-0.25, -0.2) is 0 Å². The van der Waals surface area contributed by atoms with Crippen LogP contribution in [-0.2, 0) is 10.1 Å². The van der Waals surface area contributed by atoms with Gasteiger partial charge in [0.25, 0.3) is 0 Å². The van der Waals surface area contributed by atoms with E-state index in [-0.39, 0.29) is 103 Å². The Hall–Kier alpha value is 3.11. The van der Waals surface area contributed by atoms with Gasteiger partial charge in [-0.05, 0) is 0 Å². The summed E-state index contributed by atoms with van der Waals surface area (Å²) in [5, 5.41) is 21.0. The van der Waals surface area contributed by atoms with E-state index in [0.29, 0.717) is 0 Å². The third-order valence-electron chi connectivity index (χ3n) is 0.0278. The van der Waals surface area contributed by atoms with E-state index < -0.39 is 0 Å². The van der Waals surface area contributed by atoms with Crippen molar-refractivity contribution in [1.29, 1.82) is 0 Å². The van der Waals surface area contributed by atoms with Crippen molar-refractivity contribution >= 4 is 0 Å². The topological polar surface area (TPSA) is 64.6 Å². The van der Waals surface area contributed by atoms with Gasteiger partial charge in [0.1, 0.15) is 0 Å². The normalized spacial score (nSPS) is 5.00. The Bertz CT molecular complexity index is 7.51. The smallest absolute Gasteiger partial charge is 0.693 e. The quantitative estimate of drug-likeness (QED) is 0.207. The van der Waals surface area contributed by atoms with E-state index in [9.17, 15) is 0 Å². The maximum absolute atomic E-state index is 8.26. The first-order valence-electron chi connectivity index (χ1n) is 0.500. The first-order chi connectivity index (χ1) is 1.91. The van der Waals surface area contributed by atoms with E-state index in [2.05, 4.69) is 10.1 Å². The van der Waals surface area contributed by atoms with Crippen molar-refractivity contribution in [2.45, 2.75) is 0 Å². The molecule has 0 saturated carbocycles. The summed E-state index contributed by atoms with van der Waals surface area (Å²) in [4.78, 5) is 0. The zero-order valence-corrected chi connectivity index (χ0v) is 9.88. The van der Waals surface area contributed by atoms with Gasteiger partial charge in [-0.15, -0.1) is 0 Å². The van der Waals surface area contributed by atoms with Gasteiger partial charge in [-0.3, -0.25) is 0 Å². The van der Waals surface area contributed by atoms with Crippen LogP contribution in [0.25, 0.3) is 0 Å². The van der Waals surface area contributed by atoms with Crippen molar-refractivity contribution in [3.05, 3.63) is 0 Å². The molecule has 0 spiro atoms. The maximum atomic E-state index is 8.26. The standard InChI is InChI=1S/2K.H2O4/c;;1-3-4-2/h;;1-2H/q2*+1;/p-2. The summed E-state index contributed by atoms with van der Waals surface area (Å²) in [7, 11) is 0. The van der Waals surface area contributed by atoms with Gasteiger partial charge in [0.2, 0.25) is 0 Å². The second-order valence-corrected chi connectivity index (χ2v) is 0.136. The van der Waals surface area contributed by atoms with Crippen molar-refractivity contribution in [2.75, 3.05) is 0 Å². The average molecular weight is 142 g/mol. The van der Waals surface area contributed by atoms with Gasteiger partial charge < -0.3 is 20.6 Å². The van der Waals surface area contributed by atoms with Crippen LogP contribution < -0.4 is 113 Å². The number of hydrogen-bond donors (Lipinski definition) is 0. The van der Waals surface area contributed by atoms with Crippen LogP contribution in [0.2, 0.25) is 0 Å². The van der Waals surface area contributed by atoms with E-state index in [1.54, 1.807) is 0 Å². The monoisotopic (exact) mass is 142 g/mol. The minimum Gasteiger partial charge on any atom is -0.693 e. The fraction of sp³-hybridized carbons (Fsp3) is 0. The fourth-order valence-corrected chi connectivity index (χ4v) is 0. The summed E-state index contributed by atoms with van der Waals surface area (Å²) >= 11 is 0. The Morgan fingerprint density at radius 3 is 1.00 bits per heavy atom. The fourth-order valence-electron chi connectivity index (χ4n) is 0. The Labute approximate surface area is 120 Å². The van der Waals surface area contributed by atoms with Crippen molar-refractivity contribution in [2.24, 2.45) is 0 Å². The van der Waals surface area contributed by atoms with Gasteiger partial charge in [-0.2, -0.15) is 0 Å². The van der Waals surface area contributed by atoms with Crippen molar-refractivity contribution in [3.63, 3.8) is 0 Å². The third-order valence-corrected chi connectivity index (χ3v) is 0.0278. The Balaban J connectivity index is -0.0000000450. The second kappa shape index (κ2) is 15.7. The molecule has 0 unspecified atom stereocenters. The second-order valence-electron chi connectivity index (χ2n) is 0.136. The van der Waals surface area contributed by atoms with Gasteiger partial charge in [0.05, 0.1) is 0 Å². The SMILES string of the molecule is [K+].[K+].[O-]OO[O-]. The van der Waals surface area contributed by atoms with Crippen LogP contribution in [-0.4, -0.2) is 0 Å². The molecule has 0 aromatic heterocycles. The zero-order valence-electron chi connectivity index (χ0n) is 3.63. The molecule has 0 aromatic rings. The van der Waals surface area contributed by atoms with Crippen molar-refractivity contribution in [3.8, 4) is 0 Å². The molecule has 0 aromatic carbocycles. The van der Waals surface area contributed by atoms with Crippen molar-refractivity contribution in [1.82, 2.24) is 0 Å². The van der Waals surface area contributed by atoms with Crippen LogP contribution in [0.1, 0.15) is 0 Å². The van der Waals surface area contributed by atoms with Crippen molar-refractivity contribution < 1.29 is 123 Å². The Kier molecular flexibility index (Phi) is 42.0. The van der Waals surface area contributed by atoms with Crippen LogP contribution in [0.4, 0.5) is 0 Å². The molecule has 0 fully saturated rings. The first-order valence-corrected chi connectivity index (χ1v) is 0.500. The van der Waals surface area contributed by atoms with E-state index in [0.717, 1.165) is 0 Å². The Morgan fingerprint density at radius 1 is 0.833 bits per heavy atom. The largest absolute Gasteiger partial charge is 1.00 e. The maximum Gasteiger partial charge on any atom is 1.00 e. The first kappa shape index (κ1) is 16.1. The molecule has 0 heterocycles. The molecule has 0 aliphatic rings. The Morgan fingerprint density at radius 2 is 1.00 bits per heavy atom. The van der Waals surface area contributed by atoms with E-state index in [1.165, 1.54) is 0 Å². The minimum absolute atomic E-state index is 0. The molecule has 0 radical (unpaired) electrons. The number of rotatable bonds is 1. The molecular formula is K2O4. The van der Waals surface area contributed by atoms with E-state index in [4.69, 9.17) is 10.5 Å². The van der Waals surface area contributed by atoms with Crippen LogP contribution >= 0.6 is 0 Å². The molecule has 0 aliphatic carbocycles. The summed E-state index contributed by atoms with van der Waals surface area (Å²) in [5.74, 6) is 0. The molecule has 0 amide bonds. The molecule has 26 valence electrons. The molecule has 0 atom stereocenters. The summed E-state index contributed by atoms with van der Waals surface area (Å²) < 4.78 is 0. The van der Waals surface area contributed by atoms with E-state index >= 15 is 0 Å². The molecule has 4 nitrogen and oxygen atoms in total. The summed E-state index contributed by atoms with van der Waals surface area (Å²) in [6.45, 7) is 0. The van der Waals surface area contributed by atoms with E-state index in [1.807, 2.05) is 0 Å². The van der Waals surface area contributed by atoms with Crippen LogP contribution in [0.15, 0.2) is 0 Å². The molecule has 0 N–H and O–H groups in total. The number of hydrogen-bond acceptors (Lipinski definition) is 4. The molecule has 0 saturated heterocycles. The summed E-state index contributed by atoms with van der Waals surface area (Å²) in [6, 6.07) is 0. The minimum atomic E-state index is 0. The van der Waals surface area contributed by atoms with Gasteiger partial charge in [0, 0.05) is 0 Å². The summed E-state index contributed by atoms with van der Waals surface area (Å²) in [5.41, 5.74) is 0. The van der Waals surface area contributed by atoms with Gasteiger partial charge >= 0.3 is 103 Å². The van der Waals surface area contributed by atoms with Crippen LogP contribution in [0.3, 0.4) is 0 Å². The van der Waals surface area contributed by atoms with Gasteiger partial charge in [-0.1, -0.05) is 0 Å². The predicted molar refractivity (Wildman–Crippen MR) is 2.17 cm³/mol. The average Bonchev–Trinajstić information content (AvgIpc) is 1.37. The molecular weight excluding hydrogens is 142 g/mol. The third kappa shape index (κ3) is 15.7. The van der Waals surface area contributed by atoms with Gasteiger partial charge in [0.15, 0.2) is 0 Å². The molecule has 0 bridgehead atoms. The summed E-state index contributed by atoms with van der Waals surface area (Å²) in [6.07, 6.45) is 0.